The summed E-state index contributed by atoms with van der Waals surface area (Å²) in [6.07, 6.45) is 0. The second kappa shape index (κ2) is 9.39. The molecule has 29 heavy (non-hydrogen) atoms. The van der Waals surface area contributed by atoms with Gasteiger partial charge in [-0.2, -0.15) is 0 Å². The molecule has 1 aromatic heterocycles. The fraction of sp³-hybridized carbons (Fsp3) is 0.304. The number of fused-ring (bicyclic) bond motifs is 1. The topological polar surface area (TPSA) is 66.8 Å². The van der Waals surface area contributed by atoms with Crippen molar-refractivity contribution in [2.24, 2.45) is 0 Å². The zero-order valence-corrected chi connectivity index (χ0v) is 16.9. The lowest BCUT2D eigenvalue weighted by atomic mass is 10.1. The zero-order chi connectivity index (χ0) is 20.8. The van der Waals surface area contributed by atoms with E-state index >= 15 is 0 Å². The Hall–Kier alpha value is -3.12. The molecule has 3 rings (SSSR count). The van der Waals surface area contributed by atoms with Crippen molar-refractivity contribution in [1.82, 2.24) is 4.57 Å². The first kappa shape index (κ1) is 20.6. The largest absolute Gasteiger partial charge is 0.481 e. The van der Waals surface area contributed by atoms with Crippen LogP contribution in [0.25, 0.3) is 10.8 Å². The highest BCUT2D eigenvalue weighted by Crippen LogP contribution is 2.25. The molecule has 0 N–H and O–H groups in total. The molecule has 3 aromatic rings. The number of aryl methyl sites for hydroxylation is 1. The smallest absolute Gasteiger partial charge is 0.344 e. The molecule has 1 heterocycles. The average molecular weight is 395 g/mol. The van der Waals surface area contributed by atoms with E-state index in [-0.39, 0.29) is 19.0 Å². The van der Waals surface area contributed by atoms with Gasteiger partial charge in [-0.1, -0.05) is 36.4 Å². The summed E-state index contributed by atoms with van der Waals surface area (Å²) in [5.41, 5.74) is 2.36. The highest BCUT2D eigenvalue weighted by Gasteiger charge is 2.17. The van der Waals surface area contributed by atoms with Crippen LogP contribution in [0.1, 0.15) is 21.7 Å². The Morgan fingerprint density at radius 1 is 1.00 bits per heavy atom. The van der Waals surface area contributed by atoms with Gasteiger partial charge < -0.3 is 18.8 Å². The van der Waals surface area contributed by atoms with Crippen molar-refractivity contribution >= 4 is 22.5 Å². The first-order valence-electron chi connectivity index (χ1n) is 9.46. The van der Waals surface area contributed by atoms with E-state index in [0.717, 1.165) is 22.2 Å². The number of methoxy groups -OCH3 is 1. The molecule has 0 unspecified atom stereocenters. The summed E-state index contributed by atoms with van der Waals surface area (Å²) in [5.74, 6) is -0.215. The Bertz CT molecular complexity index is 1020. The van der Waals surface area contributed by atoms with Crippen molar-refractivity contribution < 1.29 is 23.8 Å². The molecule has 0 aliphatic rings. The molecule has 6 nitrogen and oxygen atoms in total. The van der Waals surface area contributed by atoms with Crippen molar-refractivity contribution in [3.63, 3.8) is 0 Å². The third kappa shape index (κ3) is 4.84. The van der Waals surface area contributed by atoms with E-state index in [1.807, 2.05) is 60.9 Å². The summed E-state index contributed by atoms with van der Waals surface area (Å²) >= 11 is 0. The lowest BCUT2D eigenvalue weighted by Crippen LogP contribution is -2.20. The van der Waals surface area contributed by atoms with Crippen molar-refractivity contribution in [1.29, 1.82) is 0 Å². The molecule has 0 amide bonds. The molecule has 0 saturated heterocycles. The second-order valence-electron chi connectivity index (χ2n) is 6.78. The van der Waals surface area contributed by atoms with Gasteiger partial charge >= 0.3 is 5.97 Å². The lowest BCUT2D eigenvalue weighted by molar-refractivity contribution is -0.144. The highest BCUT2D eigenvalue weighted by atomic mass is 16.6. The molecule has 0 saturated carbocycles. The van der Waals surface area contributed by atoms with Crippen LogP contribution in [-0.2, 0) is 20.8 Å². The van der Waals surface area contributed by atoms with E-state index in [0.29, 0.717) is 24.5 Å². The number of esters is 1. The minimum Gasteiger partial charge on any atom is -0.481 e. The van der Waals surface area contributed by atoms with Crippen LogP contribution in [0.4, 0.5) is 0 Å². The third-order valence-corrected chi connectivity index (χ3v) is 4.85. The minimum atomic E-state index is -0.584. The van der Waals surface area contributed by atoms with Crippen LogP contribution in [0.15, 0.2) is 48.5 Å². The van der Waals surface area contributed by atoms with Crippen molar-refractivity contribution in [2.45, 2.75) is 20.4 Å². The number of carbonyl (C=O) groups excluding carboxylic acids is 2. The van der Waals surface area contributed by atoms with Gasteiger partial charge in [0.1, 0.15) is 5.75 Å². The number of ether oxygens (including phenoxy) is 3. The van der Waals surface area contributed by atoms with Crippen molar-refractivity contribution in [2.75, 3.05) is 26.9 Å². The number of benzene rings is 2. The fourth-order valence-electron chi connectivity index (χ4n) is 3.33. The average Bonchev–Trinajstić information content (AvgIpc) is 3.02. The van der Waals surface area contributed by atoms with Gasteiger partial charge in [0.2, 0.25) is 5.78 Å². The fourth-order valence-corrected chi connectivity index (χ4v) is 3.33. The Kier molecular flexibility index (Phi) is 6.67. The van der Waals surface area contributed by atoms with Crippen LogP contribution in [-0.4, -0.2) is 43.3 Å². The van der Waals surface area contributed by atoms with Crippen molar-refractivity contribution in [3.8, 4) is 5.75 Å². The van der Waals surface area contributed by atoms with Gasteiger partial charge in [-0.15, -0.1) is 0 Å². The predicted octanol–water partition coefficient (Wildman–Crippen LogP) is 3.71. The molecular weight excluding hydrogens is 370 g/mol. The monoisotopic (exact) mass is 395 g/mol. The van der Waals surface area contributed by atoms with Gasteiger partial charge in [0.05, 0.1) is 6.61 Å². The summed E-state index contributed by atoms with van der Waals surface area (Å²) in [6, 6.07) is 15.2. The molecule has 0 bridgehead atoms. The minimum absolute atomic E-state index is 0.236. The summed E-state index contributed by atoms with van der Waals surface area (Å²) < 4.78 is 17.9. The number of nitrogens with zero attached hydrogens (tertiary/aromatic N) is 1. The Balaban J connectivity index is 1.56. The lowest BCUT2D eigenvalue weighted by Gasteiger charge is -2.10. The number of carbonyl (C=O) groups is 2. The van der Waals surface area contributed by atoms with Gasteiger partial charge in [-0.05, 0) is 31.4 Å². The SMILES string of the molecule is COCCn1c(C)cc(C(=O)COC(=O)COc2cccc3ccccc23)c1C. The molecule has 0 aliphatic carbocycles. The van der Waals surface area contributed by atoms with Gasteiger partial charge in [-0.25, -0.2) is 4.79 Å². The first-order valence-corrected chi connectivity index (χ1v) is 9.46. The molecule has 0 fully saturated rings. The molecule has 0 aliphatic heterocycles. The van der Waals surface area contributed by atoms with E-state index < -0.39 is 5.97 Å². The van der Waals surface area contributed by atoms with E-state index in [9.17, 15) is 9.59 Å². The van der Waals surface area contributed by atoms with E-state index in [2.05, 4.69) is 0 Å². The Morgan fingerprint density at radius 2 is 1.76 bits per heavy atom. The standard InChI is InChI=1S/C23H25NO5/c1-16-13-20(17(2)24(16)11-12-27-3)21(25)14-29-23(26)15-28-22-10-6-8-18-7-4-5-9-19(18)22/h4-10,13H,11-12,14-15H2,1-3H3. The van der Waals surface area contributed by atoms with Gasteiger partial charge in [0.15, 0.2) is 13.2 Å². The highest BCUT2D eigenvalue weighted by molar-refractivity contribution is 5.99. The first-order chi connectivity index (χ1) is 14.0. The Morgan fingerprint density at radius 3 is 2.55 bits per heavy atom. The molecule has 0 radical (unpaired) electrons. The van der Waals surface area contributed by atoms with E-state index in [1.54, 1.807) is 13.2 Å². The molecule has 0 atom stereocenters. The van der Waals surface area contributed by atoms with Gasteiger partial charge in [0.25, 0.3) is 0 Å². The third-order valence-electron chi connectivity index (χ3n) is 4.85. The molecular formula is C23H25NO5. The second-order valence-corrected chi connectivity index (χ2v) is 6.78. The molecule has 6 heteroatoms. The zero-order valence-electron chi connectivity index (χ0n) is 16.9. The Labute approximate surface area is 170 Å². The number of ketones is 1. The maximum Gasteiger partial charge on any atom is 0.344 e. The number of rotatable bonds is 9. The van der Waals surface area contributed by atoms with Crippen LogP contribution in [0.5, 0.6) is 5.75 Å². The maximum atomic E-state index is 12.5. The summed E-state index contributed by atoms with van der Waals surface area (Å²) in [6.45, 7) is 4.47. The van der Waals surface area contributed by atoms with Crippen LogP contribution < -0.4 is 4.74 Å². The molecule has 152 valence electrons. The summed E-state index contributed by atoms with van der Waals surface area (Å²) in [4.78, 5) is 24.6. The number of Topliss-reactive ketones (excluding diaryl/α,β-unsaturated/α-hetero) is 1. The van der Waals surface area contributed by atoms with E-state index in [1.165, 1.54) is 0 Å². The van der Waals surface area contributed by atoms with Crippen LogP contribution >= 0.6 is 0 Å². The summed E-state index contributed by atoms with van der Waals surface area (Å²) in [5, 5.41) is 1.94. The number of aromatic nitrogens is 1. The number of hydrogen-bond donors (Lipinski definition) is 0. The van der Waals surface area contributed by atoms with Gasteiger partial charge in [-0.3, -0.25) is 4.79 Å². The predicted molar refractivity (Wildman–Crippen MR) is 111 cm³/mol. The van der Waals surface area contributed by atoms with E-state index in [4.69, 9.17) is 14.2 Å². The van der Waals surface area contributed by atoms with Crippen LogP contribution in [0.3, 0.4) is 0 Å². The van der Waals surface area contributed by atoms with Crippen LogP contribution in [0, 0.1) is 13.8 Å². The van der Waals surface area contributed by atoms with Gasteiger partial charge in [0, 0.05) is 36.0 Å². The number of hydrogen-bond acceptors (Lipinski definition) is 5. The molecule has 2 aromatic carbocycles. The quantitative estimate of drug-likeness (QED) is 0.408. The molecule has 0 spiro atoms. The van der Waals surface area contributed by atoms with Crippen LogP contribution in [0.2, 0.25) is 0 Å². The summed E-state index contributed by atoms with van der Waals surface area (Å²) in [7, 11) is 1.64. The normalized spacial score (nSPS) is 10.9. The maximum absolute atomic E-state index is 12.5. The van der Waals surface area contributed by atoms with Crippen molar-refractivity contribution in [3.05, 3.63) is 65.5 Å².